The third-order valence-corrected chi connectivity index (χ3v) is 3.89. The molecule has 5 nitrogen and oxygen atoms in total. The third kappa shape index (κ3) is 3.26. The van der Waals surface area contributed by atoms with Gasteiger partial charge in [0.05, 0.1) is 19.9 Å². The van der Waals surface area contributed by atoms with Crippen molar-refractivity contribution in [2.24, 2.45) is 0 Å². The minimum atomic E-state index is -0.182. The number of hydrogen-bond donors (Lipinski definition) is 1. The molecular formula is C15H17BrN2O3. The molecule has 0 radical (unpaired) electrons. The van der Waals surface area contributed by atoms with E-state index in [9.17, 15) is 4.79 Å². The van der Waals surface area contributed by atoms with Crippen LogP contribution in [-0.2, 0) is 6.42 Å². The highest BCUT2D eigenvalue weighted by Gasteiger charge is 2.12. The summed E-state index contributed by atoms with van der Waals surface area (Å²) in [6.45, 7) is 2.05. The summed E-state index contributed by atoms with van der Waals surface area (Å²) >= 11 is 3.29. The summed E-state index contributed by atoms with van der Waals surface area (Å²) in [5, 5.41) is 0. The van der Waals surface area contributed by atoms with E-state index in [1.54, 1.807) is 26.4 Å². The molecule has 1 N–H and O–H groups in total. The van der Waals surface area contributed by atoms with E-state index in [4.69, 9.17) is 9.47 Å². The van der Waals surface area contributed by atoms with Gasteiger partial charge in [0, 0.05) is 5.56 Å². The van der Waals surface area contributed by atoms with Gasteiger partial charge in [0.2, 0.25) is 0 Å². The molecule has 0 unspecified atom stereocenters. The van der Waals surface area contributed by atoms with Crippen molar-refractivity contribution in [3.05, 3.63) is 38.7 Å². The van der Waals surface area contributed by atoms with Crippen LogP contribution in [0, 0.1) is 0 Å². The van der Waals surface area contributed by atoms with Crippen LogP contribution in [0.25, 0.3) is 11.4 Å². The fraction of sp³-hybridized carbons (Fsp3) is 0.333. The van der Waals surface area contributed by atoms with Crippen molar-refractivity contribution in [3.63, 3.8) is 0 Å². The van der Waals surface area contributed by atoms with Crippen molar-refractivity contribution in [2.45, 2.75) is 19.8 Å². The van der Waals surface area contributed by atoms with E-state index in [1.165, 1.54) is 0 Å². The first-order valence-electron chi connectivity index (χ1n) is 6.61. The third-order valence-electron chi connectivity index (χ3n) is 3.08. The lowest BCUT2D eigenvalue weighted by Crippen LogP contribution is -2.13. The van der Waals surface area contributed by atoms with Gasteiger partial charge in [-0.3, -0.25) is 4.79 Å². The van der Waals surface area contributed by atoms with Gasteiger partial charge in [-0.2, -0.15) is 0 Å². The molecule has 1 heterocycles. The molecule has 1 aromatic carbocycles. The maximum Gasteiger partial charge on any atom is 0.265 e. The zero-order valence-corrected chi connectivity index (χ0v) is 13.8. The van der Waals surface area contributed by atoms with Gasteiger partial charge < -0.3 is 14.5 Å². The summed E-state index contributed by atoms with van der Waals surface area (Å²) in [7, 11) is 3.15. The standard InChI is InChI=1S/C15H17BrN2O3/c1-4-5-10-13(16)15(19)18-14(17-10)9-6-7-11(20-2)12(8-9)21-3/h6-8H,4-5H2,1-3H3,(H,17,18,19). The van der Waals surface area contributed by atoms with E-state index in [0.29, 0.717) is 21.8 Å². The summed E-state index contributed by atoms with van der Waals surface area (Å²) < 4.78 is 11.0. The van der Waals surface area contributed by atoms with Crippen molar-refractivity contribution in [1.29, 1.82) is 0 Å². The number of rotatable bonds is 5. The van der Waals surface area contributed by atoms with Gasteiger partial charge in [-0.05, 0) is 40.5 Å². The van der Waals surface area contributed by atoms with Crippen LogP contribution in [0.4, 0.5) is 0 Å². The minimum absolute atomic E-state index is 0.182. The second-order valence-corrected chi connectivity index (χ2v) is 5.29. The molecule has 2 rings (SSSR count). The highest BCUT2D eigenvalue weighted by Crippen LogP contribution is 2.31. The Morgan fingerprint density at radius 2 is 1.95 bits per heavy atom. The Bertz CT molecular complexity index is 698. The van der Waals surface area contributed by atoms with Gasteiger partial charge >= 0.3 is 0 Å². The number of ether oxygens (including phenoxy) is 2. The molecule has 0 aliphatic rings. The zero-order valence-electron chi connectivity index (χ0n) is 12.2. The van der Waals surface area contributed by atoms with Gasteiger partial charge in [-0.1, -0.05) is 13.3 Å². The molecule has 2 aromatic rings. The first kappa shape index (κ1) is 15.6. The average Bonchev–Trinajstić information content (AvgIpc) is 2.51. The van der Waals surface area contributed by atoms with Crippen LogP contribution in [0.1, 0.15) is 19.0 Å². The first-order valence-corrected chi connectivity index (χ1v) is 7.41. The molecule has 0 saturated heterocycles. The van der Waals surface area contributed by atoms with Crippen LogP contribution in [0.2, 0.25) is 0 Å². The SMILES string of the molecule is CCCc1nc(-c2ccc(OC)c(OC)c2)[nH]c(=O)c1Br. The summed E-state index contributed by atoms with van der Waals surface area (Å²) in [5.74, 6) is 1.75. The van der Waals surface area contributed by atoms with Crippen LogP contribution >= 0.6 is 15.9 Å². The number of methoxy groups -OCH3 is 2. The molecule has 21 heavy (non-hydrogen) atoms. The Kier molecular flexibility index (Phi) is 5.01. The number of aromatic nitrogens is 2. The number of aromatic amines is 1. The quantitative estimate of drug-likeness (QED) is 0.897. The highest BCUT2D eigenvalue weighted by atomic mass is 79.9. The monoisotopic (exact) mass is 352 g/mol. The van der Waals surface area contributed by atoms with Crippen LogP contribution in [0.5, 0.6) is 11.5 Å². The molecule has 0 atom stereocenters. The van der Waals surface area contributed by atoms with Gasteiger partial charge in [0.25, 0.3) is 5.56 Å². The molecule has 1 aromatic heterocycles. The predicted molar refractivity (Wildman–Crippen MR) is 85.1 cm³/mol. The smallest absolute Gasteiger partial charge is 0.265 e. The van der Waals surface area contributed by atoms with Crippen molar-refractivity contribution in [3.8, 4) is 22.9 Å². The van der Waals surface area contributed by atoms with E-state index >= 15 is 0 Å². The van der Waals surface area contributed by atoms with Gasteiger partial charge in [-0.15, -0.1) is 0 Å². The van der Waals surface area contributed by atoms with Crippen LogP contribution < -0.4 is 15.0 Å². The van der Waals surface area contributed by atoms with E-state index in [0.717, 1.165) is 24.1 Å². The normalized spacial score (nSPS) is 10.5. The van der Waals surface area contributed by atoms with Crippen molar-refractivity contribution in [1.82, 2.24) is 9.97 Å². The first-order chi connectivity index (χ1) is 10.1. The fourth-order valence-electron chi connectivity index (χ4n) is 2.03. The van der Waals surface area contributed by atoms with Crippen molar-refractivity contribution < 1.29 is 9.47 Å². The Morgan fingerprint density at radius 3 is 2.57 bits per heavy atom. The summed E-state index contributed by atoms with van der Waals surface area (Å²) in [6, 6.07) is 5.42. The molecule has 112 valence electrons. The molecular weight excluding hydrogens is 336 g/mol. The van der Waals surface area contributed by atoms with Gasteiger partial charge in [0.1, 0.15) is 10.3 Å². The molecule has 0 bridgehead atoms. The zero-order chi connectivity index (χ0) is 15.4. The lowest BCUT2D eigenvalue weighted by atomic mass is 10.1. The minimum Gasteiger partial charge on any atom is -0.493 e. The number of nitrogens with one attached hydrogen (secondary N) is 1. The van der Waals surface area contributed by atoms with Gasteiger partial charge in [0.15, 0.2) is 11.5 Å². The van der Waals surface area contributed by atoms with Crippen LogP contribution in [0.3, 0.4) is 0 Å². The number of hydrogen-bond acceptors (Lipinski definition) is 4. The average molecular weight is 353 g/mol. The lowest BCUT2D eigenvalue weighted by molar-refractivity contribution is 0.355. The summed E-state index contributed by atoms with van der Waals surface area (Å²) in [5.41, 5.74) is 1.35. The Hall–Kier alpha value is -1.82. The van der Waals surface area contributed by atoms with Crippen molar-refractivity contribution >= 4 is 15.9 Å². The maximum absolute atomic E-state index is 12.0. The number of H-pyrrole nitrogens is 1. The van der Waals surface area contributed by atoms with E-state index in [-0.39, 0.29) is 5.56 Å². The van der Waals surface area contributed by atoms with Gasteiger partial charge in [-0.25, -0.2) is 4.98 Å². The molecule has 0 amide bonds. The molecule has 0 fully saturated rings. The largest absolute Gasteiger partial charge is 0.493 e. The van der Waals surface area contributed by atoms with Crippen LogP contribution in [-0.4, -0.2) is 24.2 Å². The number of aryl methyl sites for hydroxylation is 1. The maximum atomic E-state index is 12.0. The number of benzene rings is 1. The number of halogens is 1. The lowest BCUT2D eigenvalue weighted by Gasteiger charge is -2.10. The Balaban J connectivity index is 2.54. The number of nitrogens with zero attached hydrogens (tertiary/aromatic N) is 1. The molecule has 0 aliphatic carbocycles. The predicted octanol–water partition coefficient (Wildman–Crippen LogP) is 3.17. The molecule has 0 spiro atoms. The Morgan fingerprint density at radius 1 is 1.24 bits per heavy atom. The Labute approximate surface area is 131 Å². The van der Waals surface area contributed by atoms with Crippen LogP contribution in [0.15, 0.2) is 27.5 Å². The van der Waals surface area contributed by atoms with E-state index in [2.05, 4.69) is 25.9 Å². The molecule has 0 saturated carbocycles. The summed E-state index contributed by atoms with van der Waals surface area (Å²) in [4.78, 5) is 19.3. The summed E-state index contributed by atoms with van der Waals surface area (Å²) in [6.07, 6.45) is 1.66. The fourth-order valence-corrected chi connectivity index (χ4v) is 2.41. The van der Waals surface area contributed by atoms with Crippen molar-refractivity contribution in [2.75, 3.05) is 14.2 Å². The van der Waals surface area contributed by atoms with E-state index < -0.39 is 0 Å². The van der Waals surface area contributed by atoms with E-state index in [1.807, 2.05) is 13.0 Å². The molecule has 0 aliphatic heterocycles. The second-order valence-electron chi connectivity index (χ2n) is 4.49. The topological polar surface area (TPSA) is 64.2 Å². The highest BCUT2D eigenvalue weighted by molar-refractivity contribution is 9.10. The molecule has 6 heteroatoms. The second kappa shape index (κ2) is 6.76.